The van der Waals surface area contributed by atoms with Crippen LogP contribution in [0.25, 0.3) is 21.9 Å². The molecule has 8 nitrogen and oxygen atoms in total. The number of nitrogens with one attached hydrogen (secondary N) is 1. The Bertz CT molecular complexity index is 1050. The van der Waals surface area contributed by atoms with Gasteiger partial charge >= 0.3 is 0 Å². The molecule has 0 aliphatic carbocycles. The number of rotatable bonds is 5. The maximum absolute atomic E-state index is 10.5. The van der Waals surface area contributed by atoms with Crippen molar-refractivity contribution in [3.63, 3.8) is 0 Å². The van der Waals surface area contributed by atoms with Gasteiger partial charge in [0, 0.05) is 13.5 Å². The van der Waals surface area contributed by atoms with Gasteiger partial charge in [0.25, 0.3) is 0 Å². The summed E-state index contributed by atoms with van der Waals surface area (Å²) < 4.78 is 7.44. The maximum atomic E-state index is 10.5. The van der Waals surface area contributed by atoms with Crippen molar-refractivity contribution >= 4 is 28.3 Å². The van der Waals surface area contributed by atoms with Crippen LogP contribution in [0.15, 0.2) is 17.5 Å². The molecule has 0 radical (unpaired) electrons. The lowest BCUT2D eigenvalue weighted by Crippen LogP contribution is -2.28. The summed E-state index contributed by atoms with van der Waals surface area (Å²) in [5.74, 6) is 7.67. The first-order valence-electron chi connectivity index (χ1n) is 9.62. The Balaban J connectivity index is 1.90. The standard InChI is InChI=1S/C20H23N5O3S/c1-3-4-5-6-9-14-22-17(21-2)15-19(23-14)25(20-16(27)12(26)11-28-20)18(24-15)13-8-7-10-29-13/h7-8,10,12,16,20,26-27H,3-5,11H2,1-2H3,(H,21,22,23)/t12-,16-,20-/m1/s1. The van der Waals surface area contributed by atoms with Crippen LogP contribution in [0.5, 0.6) is 0 Å². The number of nitrogens with zero attached hydrogens (tertiary/aromatic N) is 4. The Labute approximate surface area is 172 Å². The summed E-state index contributed by atoms with van der Waals surface area (Å²) in [6, 6.07) is 3.87. The van der Waals surface area contributed by atoms with E-state index in [-0.39, 0.29) is 6.61 Å². The molecule has 0 amide bonds. The van der Waals surface area contributed by atoms with Crippen molar-refractivity contribution < 1.29 is 14.9 Å². The molecule has 29 heavy (non-hydrogen) atoms. The van der Waals surface area contributed by atoms with Crippen LogP contribution in [0.4, 0.5) is 5.82 Å². The number of ether oxygens (including phenoxy) is 1. The van der Waals surface area contributed by atoms with Crippen LogP contribution in [0.2, 0.25) is 0 Å². The molecule has 4 rings (SSSR count). The van der Waals surface area contributed by atoms with E-state index in [2.05, 4.69) is 34.0 Å². The largest absolute Gasteiger partial charge is 0.388 e. The van der Waals surface area contributed by atoms with Crippen molar-refractivity contribution in [1.29, 1.82) is 0 Å². The average molecular weight is 414 g/mol. The second-order valence-corrected chi connectivity index (χ2v) is 7.74. The molecule has 0 spiro atoms. The summed E-state index contributed by atoms with van der Waals surface area (Å²) in [7, 11) is 1.77. The number of aliphatic hydroxyl groups excluding tert-OH is 2. The van der Waals surface area contributed by atoms with Gasteiger partial charge in [0.05, 0.1) is 11.5 Å². The molecule has 9 heteroatoms. The molecule has 3 atom stereocenters. The fourth-order valence-electron chi connectivity index (χ4n) is 3.24. The molecule has 1 aliphatic heterocycles. The van der Waals surface area contributed by atoms with Crippen molar-refractivity contribution in [3.05, 3.63) is 23.3 Å². The summed E-state index contributed by atoms with van der Waals surface area (Å²) in [6.45, 7) is 2.17. The molecule has 3 aromatic rings. The molecule has 152 valence electrons. The second-order valence-electron chi connectivity index (χ2n) is 6.79. The first kappa shape index (κ1) is 19.8. The highest BCUT2D eigenvalue weighted by Gasteiger charge is 2.39. The maximum Gasteiger partial charge on any atom is 0.208 e. The average Bonchev–Trinajstić information content (AvgIpc) is 3.45. The summed E-state index contributed by atoms with van der Waals surface area (Å²) in [5.41, 5.74) is 1.07. The van der Waals surface area contributed by atoms with E-state index < -0.39 is 18.4 Å². The zero-order valence-electron chi connectivity index (χ0n) is 16.3. The Morgan fingerprint density at radius 2 is 2.21 bits per heavy atom. The van der Waals surface area contributed by atoms with Gasteiger partial charge in [-0.15, -0.1) is 11.3 Å². The van der Waals surface area contributed by atoms with Crippen molar-refractivity contribution in [2.24, 2.45) is 0 Å². The Morgan fingerprint density at radius 1 is 1.34 bits per heavy atom. The number of aromatic nitrogens is 4. The third-order valence-electron chi connectivity index (χ3n) is 4.75. The minimum atomic E-state index is -1.08. The number of unbranched alkanes of at least 4 members (excludes halogenated alkanes) is 2. The molecule has 4 heterocycles. The van der Waals surface area contributed by atoms with E-state index in [4.69, 9.17) is 9.72 Å². The fraction of sp³-hybridized carbons (Fsp3) is 0.450. The van der Waals surface area contributed by atoms with Gasteiger partial charge in [-0.05, 0) is 23.8 Å². The van der Waals surface area contributed by atoms with Crippen molar-refractivity contribution in [2.75, 3.05) is 19.0 Å². The van der Waals surface area contributed by atoms with E-state index in [1.165, 1.54) is 11.3 Å². The quantitative estimate of drug-likeness (QED) is 0.436. The molecule has 0 bridgehead atoms. The Kier molecular flexibility index (Phi) is 5.78. The number of hydrogen-bond acceptors (Lipinski definition) is 8. The lowest BCUT2D eigenvalue weighted by molar-refractivity contribution is -0.0152. The van der Waals surface area contributed by atoms with E-state index in [1.54, 1.807) is 11.6 Å². The van der Waals surface area contributed by atoms with Gasteiger partial charge in [0.1, 0.15) is 12.2 Å². The number of imidazole rings is 1. The highest BCUT2D eigenvalue weighted by molar-refractivity contribution is 7.13. The summed E-state index contributed by atoms with van der Waals surface area (Å²) in [5, 5.41) is 25.5. The third kappa shape index (κ3) is 3.72. The predicted molar refractivity (Wildman–Crippen MR) is 112 cm³/mol. The van der Waals surface area contributed by atoms with Gasteiger partial charge in [0.2, 0.25) is 5.82 Å². The molecule has 0 unspecified atom stereocenters. The lowest BCUT2D eigenvalue weighted by Gasteiger charge is -2.19. The lowest BCUT2D eigenvalue weighted by atomic mass is 10.2. The molecule has 0 aromatic carbocycles. The fourth-order valence-corrected chi connectivity index (χ4v) is 3.95. The van der Waals surface area contributed by atoms with Gasteiger partial charge in [0.15, 0.2) is 29.0 Å². The number of hydrogen-bond donors (Lipinski definition) is 3. The van der Waals surface area contributed by atoms with Crippen LogP contribution >= 0.6 is 11.3 Å². The van der Waals surface area contributed by atoms with Crippen molar-refractivity contribution in [3.8, 4) is 22.5 Å². The van der Waals surface area contributed by atoms with E-state index >= 15 is 0 Å². The van der Waals surface area contributed by atoms with Gasteiger partial charge < -0.3 is 20.3 Å². The normalized spacial score (nSPS) is 21.3. The molecular formula is C20H23N5O3S. The second kappa shape index (κ2) is 8.47. The first-order chi connectivity index (χ1) is 14.1. The molecular weight excluding hydrogens is 390 g/mol. The Hall–Kier alpha value is -2.51. The van der Waals surface area contributed by atoms with Crippen LogP contribution < -0.4 is 5.32 Å². The van der Waals surface area contributed by atoms with E-state index in [9.17, 15) is 10.2 Å². The minimum absolute atomic E-state index is 0.0447. The van der Waals surface area contributed by atoms with E-state index in [1.807, 2.05) is 17.5 Å². The minimum Gasteiger partial charge on any atom is -0.388 e. The first-order valence-corrected chi connectivity index (χ1v) is 10.5. The number of aliphatic hydroxyl groups is 2. The third-order valence-corrected chi connectivity index (χ3v) is 5.62. The molecule has 1 saturated heterocycles. The number of thiophene rings is 1. The zero-order chi connectivity index (χ0) is 20.4. The van der Waals surface area contributed by atoms with E-state index in [0.29, 0.717) is 28.6 Å². The number of anilines is 1. The summed E-state index contributed by atoms with van der Waals surface area (Å²) in [4.78, 5) is 14.8. The monoisotopic (exact) mass is 413 g/mol. The SMILES string of the molecule is CCCCC#Cc1nc(NC)c2nc(-c3cccs3)n([C@@H]3OC[C@@H](O)[C@H]3O)c2n1. The highest BCUT2D eigenvalue weighted by Crippen LogP contribution is 2.36. The van der Waals surface area contributed by atoms with Gasteiger partial charge in [-0.25, -0.2) is 15.0 Å². The van der Waals surface area contributed by atoms with Crippen LogP contribution in [0, 0.1) is 11.8 Å². The van der Waals surface area contributed by atoms with Crippen LogP contribution in [0.1, 0.15) is 38.2 Å². The molecule has 3 N–H and O–H groups in total. The van der Waals surface area contributed by atoms with Gasteiger partial charge in [-0.2, -0.15) is 0 Å². The van der Waals surface area contributed by atoms with Crippen molar-refractivity contribution in [2.45, 2.75) is 44.6 Å². The van der Waals surface area contributed by atoms with Crippen molar-refractivity contribution in [1.82, 2.24) is 19.5 Å². The summed E-state index contributed by atoms with van der Waals surface area (Å²) in [6.07, 6.45) is 0.0305. The zero-order valence-corrected chi connectivity index (χ0v) is 17.1. The van der Waals surface area contributed by atoms with Gasteiger partial charge in [-0.1, -0.05) is 25.3 Å². The molecule has 1 fully saturated rings. The molecule has 1 aliphatic rings. The number of fused-ring (bicyclic) bond motifs is 1. The molecule has 0 saturated carbocycles. The van der Waals surface area contributed by atoms with Crippen LogP contribution in [-0.4, -0.2) is 55.6 Å². The highest BCUT2D eigenvalue weighted by atomic mass is 32.1. The van der Waals surface area contributed by atoms with Gasteiger partial charge in [-0.3, -0.25) is 4.57 Å². The predicted octanol–water partition coefficient (Wildman–Crippen LogP) is 2.39. The summed E-state index contributed by atoms with van der Waals surface area (Å²) >= 11 is 1.52. The Morgan fingerprint density at radius 3 is 2.86 bits per heavy atom. The topological polar surface area (TPSA) is 105 Å². The molecule has 3 aromatic heterocycles. The smallest absolute Gasteiger partial charge is 0.208 e. The van der Waals surface area contributed by atoms with E-state index in [0.717, 1.165) is 24.1 Å². The van der Waals surface area contributed by atoms with Crippen LogP contribution in [0.3, 0.4) is 0 Å². The van der Waals surface area contributed by atoms with Crippen LogP contribution in [-0.2, 0) is 4.74 Å².